The van der Waals surface area contributed by atoms with E-state index in [0.717, 1.165) is 44.5 Å². The Balaban J connectivity index is 1.00. The number of hydrogen-bond donors (Lipinski definition) is 3. The molecule has 5 atom stereocenters. The SMILES string of the molecule is C[C@H](NC(=O)OCC1c2ccccc2-c2ccccc21)C(=O)N[C@@H](COC(=O)[C@H](C)NC(=O)OCC1c2ccccc2-c2ccccc21)C(=O)N(C)[C@@]1(Cc2ccc(Cl)cc2)CCCN(C(=O)[C@@H](CC(=O)OC(C)(C)C)CC(F)(F)F)C1. The molecule has 0 aromatic heterocycles. The van der Waals surface area contributed by atoms with Gasteiger partial charge >= 0.3 is 30.3 Å². The average Bonchev–Trinajstić information content (AvgIpc) is 3.82. The number of likely N-dealkylation sites (tertiary alicyclic amines) is 1. The van der Waals surface area contributed by atoms with Crippen LogP contribution in [0.5, 0.6) is 0 Å². The third-order valence-corrected chi connectivity index (χ3v) is 15.4. The predicted octanol–water partition coefficient (Wildman–Crippen LogP) is 9.88. The van der Waals surface area contributed by atoms with Crippen LogP contribution in [0.3, 0.4) is 0 Å². The van der Waals surface area contributed by atoms with E-state index in [1.807, 2.05) is 97.1 Å². The van der Waals surface area contributed by atoms with Gasteiger partial charge in [-0.05, 0) is 116 Å². The molecule has 434 valence electrons. The molecule has 82 heavy (non-hydrogen) atoms. The van der Waals surface area contributed by atoms with Gasteiger partial charge in [0.25, 0.3) is 0 Å². The summed E-state index contributed by atoms with van der Waals surface area (Å²) in [4.78, 5) is 99.7. The topological polar surface area (TPSA) is 199 Å². The molecule has 5 aromatic carbocycles. The minimum atomic E-state index is -4.84. The summed E-state index contributed by atoms with van der Waals surface area (Å²) in [6.45, 7) is 6.10. The number of ether oxygens (including phenoxy) is 4. The highest BCUT2D eigenvalue weighted by atomic mass is 35.5. The Kier molecular flexibility index (Phi) is 18.7. The van der Waals surface area contributed by atoms with E-state index in [1.54, 1.807) is 45.0 Å². The number of carbonyl (C=O) groups excluding carboxylic acids is 7. The van der Waals surface area contributed by atoms with Crippen LogP contribution < -0.4 is 16.0 Å². The third-order valence-electron chi connectivity index (χ3n) is 15.1. The molecule has 0 radical (unpaired) electrons. The van der Waals surface area contributed by atoms with Crippen molar-refractivity contribution in [1.82, 2.24) is 25.8 Å². The van der Waals surface area contributed by atoms with Crippen molar-refractivity contribution in [1.29, 1.82) is 0 Å². The van der Waals surface area contributed by atoms with Crippen molar-refractivity contribution in [3.8, 4) is 22.3 Å². The minimum absolute atomic E-state index is 0.0166. The molecule has 1 heterocycles. The summed E-state index contributed by atoms with van der Waals surface area (Å²) >= 11 is 6.26. The summed E-state index contributed by atoms with van der Waals surface area (Å²) in [5.74, 6) is -7.16. The van der Waals surface area contributed by atoms with E-state index < -0.39 is 103 Å². The van der Waals surface area contributed by atoms with Gasteiger partial charge in [0, 0.05) is 37.0 Å². The molecule has 3 N–H and O–H groups in total. The molecular weight excluding hydrogens is 1080 g/mol. The van der Waals surface area contributed by atoms with Crippen molar-refractivity contribution in [2.45, 2.75) is 114 Å². The Morgan fingerprint density at radius 3 is 1.63 bits per heavy atom. The van der Waals surface area contributed by atoms with Gasteiger partial charge in [-0.3, -0.25) is 19.2 Å². The lowest BCUT2D eigenvalue weighted by Gasteiger charge is -2.49. The van der Waals surface area contributed by atoms with E-state index in [2.05, 4.69) is 16.0 Å². The van der Waals surface area contributed by atoms with Gasteiger partial charge in [0.2, 0.25) is 17.7 Å². The number of piperidine rings is 1. The Bertz CT molecular complexity index is 3100. The molecule has 3 aliphatic rings. The Morgan fingerprint density at radius 2 is 1.16 bits per heavy atom. The Morgan fingerprint density at radius 1 is 0.683 bits per heavy atom. The second-order valence-electron chi connectivity index (χ2n) is 22.2. The van der Waals surface area contributed by atoms with Crippen LogP contribution in [-0.4, -0.2) is 127 Å². The average molecular weight is 1150 g/mol. The molecule has 0 spiro atoms. The fraction of sp³-hybridized carbons (Fsp3) is 0.403. The number of rotatable bonds is 19. The van der Waals surface area contributed by atoms with Crippen molar-refractivity contribution in [2.75, 3.05) is 40.0 Å². The normalized spacial score (nSPS) is 17.1. The summed E-state index contributed by atoms with van der Waals surface area (Å²) in [7, 11) is 1.40. The molecular formula is C62H67ClF3N5O11. The van der Waals surface area contributed by atoms with Crippen LogP contribution in [0.25, 0.3) is 22.3 Å². The van der Waals surface area contributed by atoms with Crippen LogP contribution in [0.15, 0.2) is 121 Å². The number of hydrogen-bond acceptors (Lipinski definition) is 11. The number of alkyl carbamates (subject to hydrolysis) is 2. The van der Waals surface area contributed by atoms with Crippen molar-refractivity contribution in [2.24, 2.45) is 5.92 Å². The number of amides is 5. The van der Waals surface area contributed by atoms with E-state index in [4.69, 9.17) is 30.5 Å². The number of likely N-dealkylation sites (N-methyl/N-ethyl adjacent to an activating group) is 1. The van der Waals surface area contributed by atoms with Gasteiger partial charge in [0.05, 0.1) is 24.3 Å². The Labute approximate surface area is 479 Å². The Hall–Kier alpha value is -7.93. The number of nitrogens with one attached hydrogen (secondary N) is 3. The van der Waals surface area contributed by atoms with Gasteiger partial charge in [-0.15, -0.1) is 0 Å². The molecule has 20 heteroatoms. The van der Waals surface area contributed by atoms with Gasteiger partial charge < -0.3 is 44.7 Å². The summed E-state index contributed by atoms with van der Waals surface area (Å²) in [6, 6.07) is 33.3. The maximum absolute atomic E-state index is 15.2. The standard InChI is InChI=1S/C62H67ClF3N5O11/c1-37(67-58(77)80-33-50-46-20-11-7-16-42(46)43-17-8-12-21-47(43)50)54(73)69-52(35-79-57(76)38(2)68-59(78)81-34-51-48-22-13-9-18-44(48)45-19-10-14-23-49(45)51)56(75)70(6)61(31-39-24-26-41(63)27-25-39)28-15-29-71(36-61)55(74)40(32-62(64,65)66)30-53(72)82-60(3,4)5/h7-14,16-27,37-38,40,50-52H,15,28-36H2,1-6H3,(H,67,77)(H,68,78)(H,69,73)/t37-,38-,40-,52-,61+/m0/s1. The molecule has 2 aliphatic carbocycles. The summed E-state index contributed by atoms with van der Waals surface area (Å²) in [6.07, 6.45) is -8.77. The van der Waals surface area contributed by atoms with E-state index in [-0.39, 0.29) is 57.4 Å². The number of benzene rings is 5. The molecule has 16 nitrogen and oxygen atoms in total. The molecule has 0 unspecified atom stereocenters. The second-order valence-corrected chi connectivity index (χ2v) is 22.6. The quantitative estimate of drug-likeness (QED) is 0.0525. The number of nitrogens with zero attached hydrogens (tertiary/aromatic N) is 2. The molecule has 1 aliphatic heterocycles. The van der Waals surface area contributed by atoms with Gasteiger partial charge in [-0.25, -0.2) is 14.4 Å². The first-order chi connectivity index (χ1) is 38.9. The van der Waals surface area contributed by atoms with Gasteiger partial charge in [0.1, 0.15) is 43.5 Å². The first-order valence-electron chi connectivity index (χ1n) is 27.2. The first-order valence-corrected chi connectivity index (χ1v) is 27.6. The second kappa shape index (κ2) is 25.5. The monoisotopic (exact) mass is 1150 g/mol. The van der Waals surface area contributed by atoms with Crippen LogP contribution in [0, 0.1) is 5.92 Å². The zero-order chi connectivity index (χ0) is 59.1. The zero-order valence-corrected chi connectivity index (χ0v) is 47.2. The first kappa shape index (κ1) is 60.2. The lowest BCUT2D eigenvalue weighted by Crippen LogP contribution is -2.65. The van der Waals surface area contributed by atoms with Crippen molar-refractivity contribution in [3.05, 3.63) is 154 Å². The van der Waals surface area contributed by atoms with Crippen molar-refractivity contribution in [3.63, 3.8) is 0 Å². The highest BCUT2D eigenvalue weighted by Gasteiger charge is 2.47. The molecule has 5 aromatic rings. The molecule has 0 bridgehead atoms. The smallest absolute Gasteiger partial charge is 0.407 e. The summed E-state index contributed by atoms with van der Waals surface area (Å²) in [5, 5.41) is 8.00. The fourth-order valence-corrected chi connectivity index (χ4v) is 11.3. The van der Waals surface area contributed by atoms with Crippen molar-refractivity contribution >= 4 is 53.4 Å². The molecule has 8 rings (SSSR count). The predicted molar refractivity (Wildman–Crippen MR) is 299 cm³/mol. The maximum Gasteiger partial charge on any atom is 0.407 e. The van der Waals surface area contributed by atoms with E-state index >= 15 is 4.79 Å². The highest BCUT2D eigenvalue weighted by Crippen LogP contribution is 2.46. The molecule has 1 fully saturated rings. The van der Waals surface area contributed by atoms with E-state index in [9.17, 15) is 41.9 Å². The lowest BCUT2D eigenvalue weighted by atomic mass is 9.80. The molecule has 0 saturated carbocycles. The van der Waals surface area contributed by atoms with Gasteiger partial charge in [0.15, 0.2) is 0 Å². The van der Waals surface area contributed by atoms with Crippen LogP contribution in [-0.2, 0) is 49.3 Å². The number of carbonyl (C=O) groups is 7. The minimum Gasteiger partial charge on any atom is -0.461 e. The maximum atomic E-state index is 15.2. The van der Waals surface area contributed by atoms with Gasteiger partial charge in [-0.2, -0.15) is 13.2 Å². The third kappa shape index (κ3) is 14.6. The molecule has 5 amide bonds. The van der Waals surface area contributed by atoms with Crippen LogP contribution in [0.1, 0.15) is 100.0 Å². The summed E-state index contributed by atoms with van der Waals surface area (Å²) in [5.41, 5.74) is 6.11. The highest BCUT2D eigenvalue weighted by molar-refractivity contribution is 6.30. The number of fused-ring (bicyclic) bond motifs is 6. The largest absolute Gasteiger partial charge is 0.461 e. The lowest BCUT2D eigenvalue weighted by molar-refractivity contribution is -0.170. The fourth-order valence-electron chi connectivity index (χ4n) is 11.2. The number of halogens is 4. The number of esters is 2. The molecule has 1 saturated heterocycles. The van der Waals surface area contributed by atoms with Crippen LogP contribution >= 0.6 is 11.6 Å². The van der Waals surface area contributed by atoms with Crippen LogP contribution in [0.4, 0.5) is 22.8 Å². The number of alkyl halides is 3. The van der Waals surface area contributed by atoms with Gasteiger partial charge in [-0.1, -0.05) is 121 Å². The van der Waals surface area contributed by atoms with E-state index in [1.165, 1.54) is 30.7 Å². The zero-order valence-electron chi connectivity index (χ0n) is 46.5. The van der Waals surface area contributed by atoms with Crippen LogP contribution in [0.2, 0.25) is 5.02 Å². The summed E-state index contributed by atoms with van der Waals surface area (Å²) < 4.78 is 64.8. The van der Waals surface area contributed by atoms with E-state index in [0.29, 0.717) is 10.6 Å². The van der Waals surface area contributed by atoms with Crippen molar-refractivity contribution < 1.29 is 65.7 Å².